The van der Waals surface area contributed by atoms with Crippen molar-refractivity contribution in [1.29, 1.82) is 0 Å². The second-order valence-electron chi connectivity index (χ2n) is 7.22. The van der Waals surface area contributed by atoms with E-state index in [0.717, 1.165) is 32.1 Å². The Morgan fingerprint density at radius 2 is 1.92 bits per heavy atom. The van der Waals surface area contributed by atoms with Gasteiger partial charge in [0.05, 0.1) is 24.3 Å². The molecule has 3 nitrogen and oxygen atoms in total. The highest BCUT2D eigenvalue weighted by atomic mass is 19.4. The third kappa shape index (κ3) is 2.41. The smallest absolute Gasteiger partial charge is 0.393 e. The minimum Gasteiger partial charge on any atom is -0.393 e. The predicted molar refractivity (Wildman–Crippen MR) is 88.0 cm³/mol. The zero-order chi connectivity index (χ0) is 17.7. The standard InChI is InChI=1S/C19H21F3N2O/c20-19(21,22)18(10-17(25)13-6-2-1-3-7-13)15-9-5-4-8-14(15)16-11-23-12-24(16)18/h4-5,8-9,11-13,17,25H,1-3,6-7,10H2. The summed E-state index contributed by atoms with van der Waals surface area (Å²) in [6.07, 6.45) is 1.51. The molecule has 1 aromatic heterocycles. The second-order valence-corrected chi connectivity index (χ2v) is 7.22. The summed E-state index contributed by atoms with van der Waals surface area (Å²) in [4.78, 5) is 3.95. The molecule has 1 fully saturated rings. The van der Waals surface area contributed by atoms with Crippen LogP contribution in [0, 0.1) is 5.92 Å². The maximum absolute atomic E-state index is 14.4. The molecule has 0 bridgehead atoms. The van der Waals surface area contributed by atoms with Crippen LogP contribution < -0.4 is 0 Å². The average Bonchev–Trinajstić information content (AvgIpc) is 3.17. The number of hydrogen-bond donors (Lipinski definition) is 1. The number of fused-ring (bicyclic) bond motifs is 3. The van der Waals surface area contributed by atoms with Gasteiger partial charge in [-0.2, -0.15) is 13.2 Å². The normalized spacial score (nSPS) is 24.8. The minimum atomic E-state index is -4.52. The van der Waals surface area contributed by atoms with Crippen LogP contribution in [0.4, 0.5) is 13.2 Å². The summed E-state index contributed by atoms with van der Waals surface area (Å²) >= 11 is 0. The molecule has 2 aromatic rings. The highest BCUT2D eigenvalue weighted by molar-refractivity contribution is 5.71. The third-order valence-electron chi connectivity index (χ3n) is 5.87. The minimum absolute atomic E-state index is 0.0623. The first-order valence-corrected chi connectivity index (χ1v) is 8.82. The van der Waals surface area contributed by atoms with E-state index in [9.17, 15) is 18.3 Å². The number of benzene rings is 1. The molecule has 1 saturated carbocycles. The van der Waals surface area contributed by atoms with Crippen LogP contribution in [0.3, 0.4) is 0 Å². The van der Waals surface area contributed by atoms with Gasteiger partial charge in [-0.05, 0) is 24.3 Å². The number of aliphatic hydroxyl groups excluding tert-OH is 1. The van der Waals surface area contributed by atoms with Gasteiger partial charge in [-0.25, -0.2) is 4.98 Å². The summed E-state index contributed by atoms with van der Waals surface area (Å²) in [6.45, 7) is 0. The van der Waals surface area contributed by atoms with Crippen molar-refractivity contribution in [2.45, 2.75) is 56.3 Å². The van der Waals surface area contributed by atoms with E-state index in [-0.39, 0.29) is 17.9 Å². The van der Waals surface area contributed by atoms with E-state index in [0.29, 0.717) is 11.3 Å². The van der Waals surface area contributed by atoms with Crippen LogP contribution in [-0.4, -0.2) is 26.9 Å². The van der Waals surface area contributed by atoms with E-state index >= 15 is 0 Å². The highest BCUT2D eigenvalue weighted by Crippen LogP contribution is 2.55. The van der Waals surface area contributed by atoms with Crippen LogP contribution in [0.2, 0.25) is 0 Å². The summed E-state index contributed by atoms with van der Waals surface area (Å²) in [5, 5.41) is 10.7. The van der Waals surface area contributed by atoms with Crippen LogP contribution in [0.5, 0.6) is 0 Å². The molecule has 2 heterocycles. The van der Waals surface area contributed by atoms with Gasteiger partial charge in [0.25, 0.3) is 0 Å². The van der Waals surface area contributed by atoms with E-state index in [1.54, 1.807) is 18.2 Å². The van der Waals surface area contributed by atoms with Crippen molar-refractivity contribution < 1.29 is 18.3 Å². The van der Waals surface area contributed by atoms with Crippen molar-refractivity contribution >= 4 is 0 Å². The molecule has 1 N–H and O–H groups in total. The number of imidazole rings is 1. The van der Waals surface area contributed by atoms with Gasteiger partial charge in [-0.15, -0.1) is 0 Å². The molecule has 2 atom stereocenters. The Hall–Kier alpha value is -1.82. The lowest BCUT2D eigenvalue weighted by Gasteiger charge is -2.38. The van der Waals surface area contributed by atoms with Gasteiger partial charge in [0.15, 0.2) is 5.54 Å². The largest absolute Gasteiger partial charge is 0.416 e. The Balaban J connectivity index is 1.81. The Labute approximate surface area is 144 Å². The van der Waals surface area contributed by atoms with Crippen LogP contribution in [0.25, 0.3) is 11.3 Å². The molecule has 0 saturated heterocycles. The molecule has 0 amide bonds. The summed E-state index contributed by atoms with van der Waals surface area (Å²) in [6, 6.07) is 6.60. The zero-order valence-electron chi connectivity index (χ0n) is 13.8. The predicted octanol–water partition coefficient (Wildman–Crippen LogP) is 4.50. The molecule has 4 rings (SSSR count). The van der Waals surface area contributed by atoms with Gasteiger partial charge in [-0.1, -0.05) is 43.5 Å². The second kappa shape index (κ2) is 5.87. The SMILES string of the molecule is OC(CC1(C(F)(F)F)c2ccccc2-c2cncn21)C1CCCCC1. The van der Waals surface area contributed by atoms with Crippen LogP contribution in [0.15, 0.2) is 36.8 Å². The highest BCUT2D eigenvalue weighted by Gasteiger charge is 2.62. The van der Waals surface area contributed by atoms with Crippen molar-refractivity contribution in [2.24, 2.45) is 5.92 Å². The Morgan fingerprint density at radius 1 is 1.20 bits per heavy atom. The van der Waals surface area contributed by atoms with Gasteiger partial charge in [-0.3, -0.25) is 0 Å². The Morgan fingerprint density at radius 3 is 2.64 bits per heavy atom. The maximum Gasteiger partial charge on any atom is 0.416 e. The van der Waals surface area contributed by atoms with Gasteiger partial charge >= 0.3 is 6.18 Å². The molecule has 1 aliphatic carbocycles. The lowest BCUT2D eigenvalue weighted by atomic mass is 9.77. The fraction of sp³-hybridized carbons (Fsp3) is 0.526. The summed E-state index contributed by atoms with van der Waals surface area (Å²) < 4.78 is 44.5. The van der Waals surface area contributed by atoms with Gasteiger partial charge in [0.1, 0.15) is 0 Å². The van der Waals surface area contributed by atoms with E-state index in [1.807, 2.05) is 0 Å². The topological polar surface area (TPSA) is 38.1 Å². The molecular formula is C19H21F3N2O. The van der Waals surface area contributed by atoms with Crippen LogP contribution in [-0.2, 0) is 5.54 Å². The first-order valence-electron chi connectivity index (χ1n) is 8.82. The lowest BCUT2D eigenvalue weighted by molar-refractivity contribution is -0.208. The number of aromatic nitrogens is 2. The molecular weight excluding hydrogens is 329 g/mol. The van der Waals surface area contributed by atoms with Crippen molar-refractivity contribution in [3.05, 3.63) is 42.4 Å². The van der Waals surface area contributed by atoms with Crippen LogP contribution >= 0.6 is 0 Å². The van der Waals surface area contributed by atoms with Gasteiger partial charge in [0, 0.05) is 12.0 Å². The van der Waals surface area contributed by atoms with Crippen molar-refractivity contribution in [3.63, 3.8) is 0 Å². The fourth-order valence-electron chi connectivity index (χ4n) is 4.60. The number of hydrogen-bond acceptors (Lipinski definition) is 2. The van der Waals surface area contributed by atoms with E-state index in [2.05, 4.69) is 4.98 Å². The molecule has 0 spiro atoms. The fourth-order valence-corrected chi connectivity index (χ4v) is 4.60. The van der Waals surface area contributed by atoms with Crippen molar-refractivity contribution in [3.8, 4) is 11.3 Å². The number of nitrogens with zero attached hydrogens (tertiary/aromatic N) is 2. The van der Waals surface area contributed by atoms with E-state index in [4.69, 9.17) is 0 Å². The third-order valence-corrected chi connectivity index (χ3v) is 5.87. The first-order chi connectivity index (χ1) is 11.9. The van der Waals surface area contributed by atoms with Crippen LogP contribution in [0.1, 0.15) is 44.1 Å². The zero-order valence-corrected chi connectivity index (χ0v) is 13.8. The Kier molecular flexibility index (Phi) is 3.90. The monoisotopic (exact) mass is 350 g/mol. The molecule has 1 aliphatic heterocycles. The average molecular weight is 350 g/mol. The Bertz CT molecular complexity index is 764. The summed E-state index contributed by atoms with van der Waals surface area (Å²) in [7, 11) is 0. The molecule has 2 unspecified atom stereocenters. The van der Waals surface area contributed by atoms with E-state index < -0.39 is 17.8 Å². The number of aliphatic hydroxyl groups is 1. The molecule has 25 heavy (non-hydrogen) atoms. The first kappa shape index (κ1) is 16.6. The van der Waals surface area contributed by atoms with Gasteiger partial charge < -0.3 is 9.67 Å². The molecule has 1 aromatic carbocycles. The quantitative estimate of drug-likeness (QED) is 0.885. The molecule has 6 heteroatoms. The van der Waals surface area contributed by atoms with Crippen molar-refractivity contribution in [1.82, 2.24) is 9.55 Å². The number of rotatable bonds is 3. The molecule has 2 aliphatic rings. The maximum atomic E-state index is 14.4. The van der Waals surface area contributed by atoms with Crippen molar-refractivity contribution in [2.75, 3.05) is 0 Å². The lowest BCUT2D eigenvalue weighted by Crippen LogP contribution is -2.49. The molecule has 134 valence electrons. The summed E-state index contributed by atoms with van der Waals surface area (Å²) in [5.41, 5.74) is -1.02. The van der Waals surface area contributed by atoms with E-state index in [1.165, 1.54) is 23.2 Å². The number of halogens is 3. The summed E-state index contributed by atoms with van der Waals surface area (Å²) in [5.74, 6) is -0.0623. The molecule has 0 radical (unpaired) electrons. The number of alkyl halides is 3. The van der Waals surface area contributed by atoms with Gasteiger partial charge in [0.2, 0.25) is 0 Å².